The van der Waals surface area contributed by atoms with Crippen LogP contribution in [0.3, 0.4) is 0 Å². The van der Waals surface area contributed by atoms with Gasteiger partial charge in [0.05, 0.1) is 24.3 Å². The number of para-hydroxylation sites is 1. The van der Waals surface area contributed by atoms with Crippen molar-refractivity contribution in [3.8, 4) is 11.6 Å². The van der Waals surface area contributed by atoms with E-state index in [1.807, 2.05) is 12.1 Å². The molecule has 2 amide bonds. The maximum atomic E-state index is 12.5. The number of carbonyl (C=O) groups excluding carboxylic acids is 1. The van der Waals surface area contributed by atoms with Crippen LogP contribution < -0.4 is 10.1 Å². The molecule has 1 fully saturated rings. The molecule has 0 spiro atoms. The standard InChI is InChI=1S/C19H22ClN3O4/c20-16-5-1-2-6-17(16)27-18-12-14(7-8-21-18)22-19(25)23-9-3-4-15(13-23)26-11-10-24/h1-2,5-8,12,15,24H,3-4,9-11,13H2,(H,21,22,25). The fourth-order valence-corrected chi connectivity index (χ4v) is 3.04. The summed E-state index contributed by atoms with van der Waals surface area (Å²) in [7, 11) is 0. The maximum Gasteiger partial charge on any atom is 0.321 e. The Labute approximate surface area is 162 Å². The van der Waals surface area contributed by atoms with Crippen molar-refractivity contribution >= 4 is 23.3 Å². The first-order chi connectivity index (χ1) is 13.2. The topological polar surface area (TPSA) is 83.9 Å². The smallest absolute Gasteiger partial charge is 0.321 e. The number of aliphatic hydroxyl groups excluding tert-OH is 1. The zero-order valence-corrected chi connectivity index (χ0v) is 15.6. The van der Waals surface area contributed by atoms with Gasteiger partial charge in [0.25, 0.3) is 0 Å². The van der Waals surface area contributed by atoms with Crippen molar-refractivity contribution in [2.45, 2.75) is 18.9 Å². The van der Waals surface area contributed by atoms with Gasteiger partial charge in [0.1, 0.15) is 5.75 Å². The molecule has 0 radical (unpaired) electrons. The third kappa shape index (κ3) is 5.56. The molecule has 0 saturated carbocycles. The number of hydrogen-bond acceptors (Lipinski definition) is 5. The second-order valence-corrected chi connectivity index (χ2v) is 6.56. The average Bonchev–Trinajstić information content (AvgIpc) is 2.69. The van der Waals surface area contributed by atoms with Gasteiger partial charge >= 0.3 is 6.03 Å². The molecule has 2 aromatic rings. The molecule has 1 aromatic heterocycles. The molecule has 1 aliphatic heterocycles. The van der Waals surface area contributed by atoms with E-state index in [0.717, 1.165) is 12.8 Å². The minimum absolute atomic E-state index is 0.0199. The zero-order valence-electron chi connectivity index (χ0n) is 14.8. The summed E-state index contributed by atoms with van der Waals surface area (Å²) >= 11 is 6.09. The lowest BCUT2D eigenvalue weighted by atomic mass is 10.1. The summed E-state index contributed by atoms with van der Waals surface area (Å²) in [5.74, 6) is 0.832. The number of nitrogens with one attached hydrogen (secondary N) is 1. The van der Waals surface area contributed by atoms with E-state index in [4.69, 9.17) is 26.2 Å². The number of amides is 2. The van der Waals surface area contributed by atoms with E-state index in [-0.39, 0.29) is 25.3 Å². The Morgan fingerprint density at radius 3 is 3.04 bits per heavy atom. The summed E-state index contributed by atoms with van der Waals surface area (Å²) < 4.78 is 11.2. The van der Waals surface area contributed by atoms with E-state index in [0.29, 0.717) is 35.4 Å². The predicted molar refractivity (Wildman–Crippen MR) is 102 cm³/mol. The van der Waals surface area contributed by atoms with Crippen molar-refractivity contribution in [3.63, 3.8) is 0 Å². The molecule has 1 unspecified atom stereocenters. The highest BCUT2D eigenvalue weighted by molar-refractivity contribution is 6.32. The van der Waals surface area contributed by atoms with Gasteiger partial charge in [-0.1, -0.05) is 23.7 Å². The van der Waals surface area contributed by atoms with Gasteiger partial charge in [-0.3, -0.25) is 0 Å². The van der Waals surface area contributed by atoms with E-state index in [1.54, 1.807) is 35.4 Å². The van der Waals surface area contributed by atoms with E-state index in [2.05, 4.69) is 10.3 Å². The Hall–Kier alpha value is -2.35. The fraction of sp³-hybridized carbons (Fsp3) is 0.368. The van der Waals surface area contributed by atoms with Crippen molar-refractivity contribution in [1.29, 1.82) is 0 Å². The number of piperidine rings is 1. The molecular formula is C19H22ClN3O4. The molecule has 3 rings (SSSR count). The fourth-order valence-electron chi connectivity index (χ4n) is 2.86. The van der Waals surface area contributed by atoms with Crippen molar-refractivity contribution in [2.24, 2.45) is 0 Å². The highest BCUT2D eigenvalue weighted by Gasteiger charge is 2.24. The SMILES string of the molecule is O=C(Nc1ccnc(Oc2ccccc2Cl)c1)N1CCCC(OCCO)C1. The van der Waals surface area contributed by atoms with Crippen LogP contribution in [0.25, 0.3) is 0 Å². The molecule has 2 N–H and O–H groups in total. The molecule has 0 aliphatic carbocycles. The normalized spacial score (nSPS) is 16.8. The molecule has 144 valence electrons. The highest BCUT2D eigenvalue weighted by Crippen LogP contribution is 2.28. The maximum absolute atomic E-state index is 12.5. The zero-order chi connectivity index (χ0) is 19.1. The molecule has 1 aliphatic rings. The van der Waals surface area contributed by atoms with Crippen LogP contribution in [-0.4, -0.2) is 53.4 Å². The van der Waals surface area contributed by atoms with Crippen LogP contribution in [0.1, 0.15) is 12.8 Å². The third-order valence-electron chi connectivity index (χ3n) is 4.15. The Kier molecular flexibility index (Phi) is 6.86. The van der Waals surface area contributed by atoms with E-state index in [9.17, 15) is 4.79 Å². The highest BCUT2D eigenvalue weighted by atomic mass is 35.5. The van der Waals surface area contributed by atoms with Gasteiger partial charge in [0.15, 0.2) is 0 Å². The van der Waals surface area contributed by atoms with Gasteiger partial charge in [-0.15, -0.1) is 0 Å². The number of anilines is 1. The van der Waals surface area contributed by atoms with E-state index >= 15 is 0 Å². The monoisotopic (exact) mass is 391 g/mol. The van der Waals surface area contributed by atoms with Crippen molar-refractivity contribution in [1.82, 2.24) is 9.88 Å². The first-order valence-electron chi connectivity index (χ1n) is 8.82. The number of carbonyl (C=O) groups is 1. The molecule has 7 nitrogen and oxygen atoms in total. The summed E-state index contributed by atoms with van der Waals surface area (Å²) in [6, 6.07) is 10.2. The minimum Gasteiger partial charge on any atom is -0.437 e. The molecule has 0 bridgehead atoms. The lowest BCUT2D eigenvalue weighted by molar-refractivity contribution is -0.00462. The van der Waals surface area contributed by atoms with Crippen LogP contribution in [0.4, 0.5) is 10.5 Å². The van der Waals surface area contributed by atoms with Crippen molar-refractivity contribution in [3.05, 3.63) is 47.6 Å². The molecule has 1 aromatic carbocycles. The Balaban J connectivity index is 1.60. The molecule has 1 atom stereocenters. The lowest BCUT2D eigenvalue weighted by Crippen LogP contribution is -2.45. The summed E-state index contributed by atoms with van der Waals surface area (Å²) in [5, 5.41) is 12.2. The number of aliphatic hydroxyl groups is 1. The Morgan fingerprint density at radius 1 is 1.37 bits per heavy atom. The number of pyridine rings is 1. The number of halogens is 1. The molecular weight excluding hydrogens is 370 g/mol. The van der Waals surface area contributed by atoms with Gasteiger partial charge < -0.3 is 24.8 Å². The summed E-state index contributed by atoms with van der Waals surface area (Å²) in [6.45, 7) is 1.43. The Bertz CT molecular complexity index is 774. The summed E-state index contributed by atoms with van der Waals surface area (Å²) in [6.07, 6.45) is 3.26. The number of hydrogen-bond donors (Lipinski definition) is 2. The van der Waals surface area contributed by atoms with Crippen molar-refractivity contribution < 1.29 is 19.4 Å². The molecule has 8 heteroatoms. The quantitative estimate of drug-likeness (QED) is 0.786. The van der Waals surface area contributed by atoms with Gasteiger partial charge in [0, 0.05) is 31.0 Å². The Morgan fingerprint density at radius 2 is 2.22 bits per heavy atom. The third-order valence-corrected chi connectivity index (χ3v) is 4.46. The van der Waals surface area contributed by atoms with Crippen LogP contribution in [0.15, 0.2) is 42.6 Å². The van der Waals surface area contributed by atoms with E-state index in [1.165, 1.54) is 0 Å². The summed E-state index contributed by atoms with van der Waals surface area (Å²) in [4.78, 5) is 18.4. The second kappa shape index (κ2) is 9.55. The number of nitrogens with zero attached hydrogens (tertiary/aromatic N) is 2. The largest absolute Gasteiger partial charge is 0.437 e. The lowest BCUT2D eigenvalue weighted by Gasteiger charge is -2.32. The van der Waals surface area contributed by atoms with E-state index < -0.39 is 0 Å². The van der Waals surface area contributed by atoms with Crippen molar-refractivity contribution in [2.75, 3.05) is 31.6 Å². The van der Waals surface area contributed by atoms with Gasteiger partial charge in [-0.2, -0.15) is 0 Å². The number of ether oxygens (including phenoxy) is 2. The number of likely N-dealkylation sites (tertiary alicyclic amines) is 1. The number of benzene rings is 1. The predicted octanol–water partition coefficient (Wildman–Crippen LogP) is 3.53. The number of aromatic nitrogens is 1. The number of urea groups is 1. The van der Waals surface area contributed by atoms with Crippen LogP contribution in [0, 0.1) is 0 Å². The molecule has 2 heterocycles. The number of rotatable bonds is 6. The van der Waals surface area contributed by atoms with Gasteiger partial charge in [-0.05, 0) is 31.0 Å². The first kappa shape index (κ1) is 19.4. The first-order valence-corrected chi connectivity index (χ1v) is 9.20. The summed E-state index contributed by atoms with van der Waals surface area (Å²) in [5.41, 5.74) is 0.579. The van der Waals surface area contributed by atoms with Gasteiger partial charge in [0.2, 0.25) is 5.88 Å². The van der Waals surface area contributed by atoms with Gasteiger partial charge in [-0.25, -0.2) is 9.78 Å². The molecule has 27 heavy (non-hydrogen) atoms. The van der Waals surface area contributed by atoms with Crippen LogP contribution >= 0.6 is 11.6 Å². The average molecular weight is 392 g/mol. The van der Waals surface area contributed by atoms with Crippen LogP contribution in [-0.2, 0) is 4.74 Å². The minimum atomic E-state index is -0.206. The van der Waals surface area contributed by atoms with Crippen LogP contribution in [0.2, 0.25) is 5.02 Å². The van der Waals surface area contributed by atoms with Crippen LogP contribution in [0.5, 0.6) is 11.6 Å². The second-order valence-electron chi connectivity index (χ2n) is 6.15. The molecule has 1 saturated heterocycles.